The van der Waals surface area contributed by atoms with E-state index in [9.17, 15) is 9.59 Å². The van der Waals surface area contributed by atoms with Gasteiger partial charge >= 0.3 is 0 Å². The summed E-state index contributed by atoms with van der Waals surface area (Å²) < 4.78 is 0. The molecule has 0 fully saturated rings. The van der Waals surface area contributed by atoms with Crippen molar-refractivity contribution in [2.24, 2.45) is 0 Å². The molecule has 2 amide bonds. The summed E-state index contributed by atoms with van der Waals surface area (Å²) in [5.74, 6) is -0.233. The summed E-state index contributed by atoms with van der Waals surface area (Å²) in [5, 5.41) is 0. The number of likely N-dealkylation sites (N-methyl/N-ethyl adjacent to an activating group) is 1. The Morgan fingerprint density at radius 3 is 2.06 bits per heavy atom. The highest BCUT2D eigenvalue weighted by molar-refractivity contribution is 5.99. The molecule has 0 aliphatic carbocycles. The average Bonchev–Trinajstić information content (AvgIpc) is 2.28. The molecule has 0 aliphatic rings. The van der Waals surface area contributed by atoms with Crippen molar-refractivity contribution < 1.29 is 9.59 Å². The fourth-order valence-electron chi connectivity index (χ4n) is 1.75. The van der Waals surface area contributed by atoms with Crippen LogP contribution in [0.1, 0.15) is 13.8 Å². The molecule has 0 bridgehead atoms. The second-order valence-corrected chi connectivity index (χ2v) is 4.13. The predicted molar refractivity (Wildman–Crippen MR) is 67.8 cm³/mol. The van der Waals surface area contributed by atoms with E-state index in [0.717, 1.165) is 5.69 Å². The van der Waals surface area contributed by atoms with Gasteiger partial charge in [0.05, 0.1) is 0 Å². The molecule has 1 aromatic rings. The average molecular weight is 234 g/mol. The molecule has 4 nitrogen and oxygen atoms in total. The number of hydrogen-bond donors (Lipinski definition) is 0. The van der Waals surface area contributed by atoms with Gasteiger partial charge in [0.25, 0.3) is 0 Å². The van der Waals surface area contributed by atoms with Crippen molar-refractivity contribution in [1.29, 1.82) is 0 Å². The lowest BCUT2D eigenvalue weighted by molar-refractivity contribution is -0.131. The molecule has 0 radical (unpaired) electrons. The molecule has 1 aromatic carbocycles. The molecule has 1 rings (SSSR count). The molecule has 0 unspecified atom stereocenters. The molecular weight excluding hydrogens is 216 g/mol. The highest BCUT2D eigenvalue weighted by atomic mass is 16.2. The first kappa shape index (κ1) is 13.2. The van der Waals surface area contributed by atoms with Crippen LogP contribution in [-0.4, -0.2) is 36.9 Å². The smallest absolute Gasteiger partial charge is 0.244 e. The maximum absolute atomic E-state index is 11.9. The molecule has 0 saturated carbocycles. The monoisotopic (exact) mass is 234 g/mol. The van der Waals surface area contributed by atoms with E-state index in [4.69, 9.17) is 0 Å². The lowest BCUT2D eigenvalue weighted by Gasteiger charge is -2.29. The highest BCUT2D eigenvalue weighted by Crippen LogP contribution is 2.17. The van der Waals surface area contributed by atoms with Gasteiger partial charge in [-0.1, -0.05) is 18.2 Å². The number of benzene rings is 1. The van der Waals surface area contributed by atoms with Gasteiger partial charge in [-0.05, 0) is 19.1 Å². The molecule has 0 aromatic heterocycles. The highest BCUT2D eigenvalue weighted by Gasteiger charge is 2.25. The molecule has 0 N–H and O–H groups in total. The third-order valence-corrected chi connectivity index (χ3v) is 2.56. The number of para-hydroxylation sites is 1. The van der Waals surface area contributed by atoms with Crippen LogP contribution >= 0.6 is 0 Å². The van der Waals surface area contributed by atoms with Crippen molar-refractivity contribution >= 4 is 17.5 Å². The molecule has 0 spiro atoms. The zero-order valence-corrected chi connectivity index (χ0v) is 10.7. The number of amides is 2. The third-order valence-electron chi connectivity index (χ3n) is 2.56. The van der Waals surface area contributed by atoms with Crippen LogP contribution in [0.15, 0.2) is 30.3 Å². The van der Waals surface area contributed by atoms with Gasteiger partial charge in [0.2, 0.25) is 11.8 Å². The number of carbonyl (C=O) groups is 2. The Kier molecular flexibility index (Phi) is 4.26. The first-order valence-corrected chi connectivity index (χ1v) is 5.51. The number of carbonyl (C=O) groups excluding carboxylic acids is 2. The number of anilines is 1. The molecular formula is C13H18N2O2. The van der Waals surface area contributed by atoms with Crippen LogP contribution in [0.3, 0.4) is 0 Å². The topological polar surface area (TPSA) is 40.6 Å². The summed E-state index contributed by atoms with van der Waals surface area (Å²) in [7, 11) is 3.37. The van der Waals surface area contributed by atoms with Crippen LogP contribution in [0.5, 0.6) is 0 Å². The Labute approximate surface area is 102 Å². The van der Waals surface area contributed by atoms with E-state index in [1.807, 2.05) is 30.3 Å². The lowest BCUT2D eigenvalue weighted by atomic mass is 10.2. The van der Waals surface area contributed by atoms with Crippen molar-refractivity contribution in [3.8, 4) is 0 Å². The van der Waals surface area contributed by atoms with Gasteiger partial charge in [0.1, 0.15) is 6.04 Å². The van der Waals surface area contributed by atoms with E-state index in [1.165, 1.54) is 16.7 Å². The van der Waals surface area contributed by atoms with Gasteiger partial charge in [-0.3, -0.25) is 9.59 Å². The van der Waals surface area contributed by atoms with Gasteiger partial charge in [0.15, 0.2) is 0 Å². The maximum atomic E-state index is 11.9. The lowest BCUT2D eigenvalue weighted by Crippen LogP contribution is -2.47. The van der Waals surface area contributed by atoms with Gasteiger partial charge in [-0.25, -0.2) is 0 Å². The standard InChI is InChI=1S/C13H18N2O2/c1-10(13(17)14(3)4)15(11(2)16)12-8-6-5-7-9-12/h5-10H,1-4H3/t10-/m0/s1. The van der Waals surface area contributed by atoms with Crippen molar-refractivity contribution in [2.45, 2.75) is 19.9 Å². The first-order chi connectivity index (χ1) is 7.95. The maximum Gasteiger partial charge on any atom is 0.244 e. The van der Waals surface area contributed by atoms with Gasteiger partial charge in [-0.2, -0.15) is 0 Å². The van der Waals surface area contributed by atoms with Gasteiger partial charge < -0.3 is 9.80 Å². The fourth-order valence-corrected chi connectivity index (χ4v) is 1.75. The van der Waals surface area contributed by atoms with Crippen molar-refractivity contribution in [1.82, 2.24) is 4.90 Å². The predicted octanol–water partition coefficient (Wildman–Crippen LogP) is 1.52. The summed E-state index contributed by atoms with van der Waals surface area (Å²) in [6, 6.07) is 8.71. The largest absolute Gasteiger partial charge is 0.347 e. The summed E-state index contributed by atoms with van der Waals surface area (Å²) in [4.78, 5) is 26.6. The van der Waals surface area contributed by atoms with E-state index in [2.05, 4.69) is 0 Å². The summed E-state index contributed by atoms with van der Waals surface area (Å²) in [5.41, 5.74) is 0.739. The number of hydrogen-bond acceptors (Lipinski definition) is 2. The minimum absolute atomic E-state index is 0.0935. The van der Waals surface area contributed by atoms with Crippen molar-refractivity contribution in [2.75, 3.05) is 19.0 Å². The molecule has 0 saturated heterocycles. The molecule has 4 heteroatoms. The zero-order valence-electron chi connectivity index (χ0n) is 10.7. The Morgan fingerprint density at radius 2 is 1.65 bits per heavy atom. The SMILES string of the molecule is CC(=O)N(c1ccccc1)[C@@H](C)C(=O)N(C)C. The Bertz CT molecular complexity index is 401. The van der Waals surface area contributed by atoms with Crippen LogP contribution in [-0.2, 0) is 9.59 Å². The van der Waals surface area contributed by atoms with E-state index in [0.29, 0.717) is 0 Å². The number of rotatable bonds is 3. The summed E-state index contributed by atoms with van der Waals surface area (Å²) in [6.45, 7) is 3.20. The second kappa shape index (κ2) is 5.48. The van der Waals surface area contributed by atoms with Crippen molar-refractivity contribution in [3.63, 3.8) is 0 Å². The van der Waals surface area contributed by atoms with E-state index in [-0.39, 0.29) is 11.8 Å². The normalized spacial score (nSPS) is 11.8. The minimum atomic E-state index is -0.495. The molecule has 0 heterocycles. The van der Waals surface area contributed by atoms with Crippen molar-refractivity contribution in [3.05, 3.63) is 30.3 Å². The van der Waals surface area contributed by atoms with Crippen LogP contribution in [0, 0.1) is 0 Å². The molecule has 1 atom stereocenters. The van der Waals surface area contributed by atoms with E-state index < -0.39 is 6.04 Å². The second-order valence-electron chi connectivity index (χ2n) is 4.13. The summed E-state index contributed by atoms with van der Waals surface area (Å²) in [6.07, 6.45) is 0. The Hall–Kier alpha value is -1.84. The van der Waals surface area contributed by atoms with Gasteiger partial charge in [-0.15, -0.1) is 0 Å². The number of nitrogens with zero attached hydrogens (tertiary/aromatic N) is 2. The zero-order chi connectivity index (χ0) is 13.0. The molecule has 92 valence electrons. The van der Waals surface area contributed by atoms with Crippen LogP contribution in [0.2, 0.25) is 0 Å². The first-order valence-electron chi connectivity index (χ1n) is 5.51. The Balaban J connectivity index is 3.03. The minimum Gasteiger partial charge on any atom is -0.347 e. The molecule has 17 heavy (non-hydrogen) atoms. The quantitative estimate of drug-likeness (QED) is 0.795. The van der Waals surface area contributed by atoms with Crippen LogP contribution < -0.4 is 4.90 Å². The molecule has 0 aliphatic heterocycles. The van der Waals surface area contributed by atoms with E-state index in [1.54, 1.807) is 21.0 Å². The van der Waals surface area contributed by atoms with E-state index >= 15 is 0 Å². The van der Waals surface area contributed by atoms with Gasteiger partial charge in [0, 0.05) is 26.7 Å². The van der Waals surface area contributed by atoms with Crippen LogP contribution in [0.25, 0.3) is 0 Å². The third kappa shape index (κ3) is 3.06. The fraction of sp³-hybridized carbons (Fsp3) is 0.385. The van der Waals surface area contributed by atoms with Crippen LogP contribution in [0.4, 0.5) is 5.69 Å². The Morgan fingerprint density at radius 1 is 1.12 bits per heavy atom. The summed E-state index contributed by atoms with van der Waals surface area (Å²) >= 11 is 0.